The molecule has 0 aliphatic heterocycles. The standard InChI is InChI=1S/C18H39N3O/c1-15(2)16(13-18(3,4)5)14-19-11-9-17(22)20-10-8-12-21(6)7/h15-16,19H,8-14H2,1-7H3,(H,20,22). The Hall–Kier alpha value is -0.610. The molecule has 1 atom stereocenters. The minimum atomic E-state index is 0.156. The van der Waals surface area contributed by atoms with Gasteiger partial charge >= 0.3 is 0 Å². The second-order valence-electron chi connectivity index (χ2n) is 8.23. The second kappa shape index (κ2) is 11.0. The summed E-state index contributed by atoms with van der Waals surface area (Å²) in [5.41, 5.74) is 0.362. The van der Waals surface area contributed by atoms with Crippen LogP contribution < -0.4 is 10.6 Å². The van der Waals surface area contributed by atoms with Gasteiger partial charge in [0.15, 0.2) is 0 Å². The number of amides is 1. The summed E-state index contributed by atoms with van der Waals surface area (Å²) >= 11 is 0. The highest BCUT2D eigenvalue weighted by atomic mass is 16.1. The maximum absolute atomic E-state index is 11.7. The second-order valence-corrected chi connectivity index (χ2v) is 8.23. The summed E-state index contributed by atoms with van der Waals surface area (Å²) in [7, 11) is 4.10. The number of carbonyl (C=O) groups is 1. The largest absolute Gasteiger partial charge is 0.356 e. The molecule has 0 heterocycles. The Morgan fingerprint density at radius 3 is 2.27 bits per heavy atom. The normalized spacial score (nSPS) is 13.7. The van der Waals surface area contributed by atoms with Crippen molar-refractivity contribution in [2.75, 3.05) is 40.3 Å². The SMILES string of the molecule is CC(C)C(CNCCC(=O)NCCCN(C)C)CC(C)(C)C. The van der Waals surface area contributed by atoms with E-state index in [1.165, 1.54) is 6.42 Å². The number of carbonyl (C=O) groups excluding carboxylic acids is 1. The first-order valence-electron chi connectivity index (χ1n) is 8.74. The highest BCUT2D eigenvalue weighted by Gasteiger charge is 2.21. The van der Waals surface area contributed by atoms with Crippen LogP contribution in [0.25, 0.3) is 0 Å². The Labute approximate surface area is 138 Å². The highest BCUT2D eigenvalue weighted by molar-refractivity contribution is 5.75. The van der Waals surface area contributed by atoms with Gasteiger partial charge in [-0.1, -0.05) is 34.6 Å². The monoisotopic (exact) mass is 313 g/mol. The third-order valence-corrected chi connectivity index (χ3v) is 3.86. The van der Waals surface area contributed by atoms with Gasteiger partial charge in [0.25, 0.3) is 0 Å². The molecule has 22 heavy (non-hydrogen) atoms. The van der Waals surface area contributed by atoms with Gasteiger partial charge in [-0.2, -0.15) is 0 Å². The van der Waals surface area contributed by atoms with Gasteiger partial charge in [0.1, 0.15) is 0 Å². The van der Waals surface area contributed by atoms with Gasteiger partial charge in [-0.25, -0.2) is 0 Å². The summed E-state index contributed by atoms with van der Waals surface area (Å²) in [6.07, 6.45) is 2.80. The smallest absolute Gasteiger partial charge is 0.221 e. The van der Waals surface area contributed by atoms with Crippen LogP contribution in [0.1, 0.15) is 53.9 Å². The lowest BCUT2D eigenvalue weighted by Gasteiger charge is -2.29. The van der Waals surface area contributed by atoms with E-state index in [1.807, 2.05) is 0 Å². The number of hydrogen-bond donors (Lipinski definition) is 2. The molecule has 0 fully saturated rings. The fraction of sp³-hybridized carbons (Fsp3) is 0.944. The fourth-order valence-corrected chi connectivity index (χ4v) is 2.53. The molecule has 0 aromatic rings. The predicted molar refractivity (Wildman–Crippen MR) is 96.1 cm³/mol. The summed E-state index contributed by atoms with van der Waals surface area (Å²) in [5.74, 6) is 1.50. The molecule has 0 aliphatic rings. The van der Waals surface area contributed by atoms with Crippen LogP contribution >= 0.6 is 0 Å². The Bertz CT molecular complexity index is 295. The molecule has 0 saturated heterocycles. The zero-order valence-corrected chi connectivity index (χ0v) is 16.0. The van der Waals surface area contributed by atoms with E-state index in [0.717, 1.165) is 32.6 Å². The van der Waals surface area contributed by atoms with Crippen LogP contribution in [0.5, 0.6) is 0 Å². The van der Waals surface area contributed by atoms with Gasteiger partial charge in [0.2, 0.25) is 5.91 Å². The molecule has 0 aromatic heterocycles. The van der Waals surface area contributed by atoms with Crippen molar-refractivity contribution in [3.8, 4) is 0 Å². The lowest BCUT2D eigenvalue weighted by atomic mass is 9.79. The van der Waals surface area contributed by atoms with Gasteiger partial charge in [0, 0.05) is 19.5 Å². The maximum atomic E-state index is 11.7. The van der Waals surface area contributed by atoms with Crippen LogP contribution in [0.4, 0.5) is 0 Å². The van der Waals surface area contributed by atoms with Crippen LogP contribution in [0, 0.1) is 17.3 Å². The van der Waals surface area contributed by atoms with Crippen LogP contribution in [0.15, 0.2) is 0 Å². The molecule has 1 unspecified atom stereocenters. The van der Waals surface area contributed by atoms with Crippen LogP contribution in [-0.2, 0) is 4.79 Å². The van der Waals surface area contributed by atoms with E-state index in [1.54, 1.807) is 0 Å². The first-order valence-corrected chi connectivity index (χ1v) is 8.74. The van der Waals surface area contributed by atoms with Gasteiger partial charge in [-0.15, -0.1) is 0 Å². The molecular weight excluding hydrogens is 274 g/mol. The lowest BCUT2D eigenvalue weighted by molar-refractivity contribution is -0.121. The molecule has 4 nitrogen and oxygen atoms in total. The first kappa shape index (κ1) is 21.4. The van der Waals surface area contributed by atoms with E-state index < -0.39 is 0 Å². The maximum Gasteiger partial charge on any atom is 0.221 e. The summed E-state index contributed by atoms with van der Waals surface area (Å²) in [6.45, 7) is 15.0. The van der Waals surface area contributed by atoms with E-state index >= 15 is 0 Å². The van der Waals surface area contributed by atoms with Crippen molar-refractivity contribution in [2.24, 2.45) is 17.3 Å². The minimum Gasteiger partial charge on any atom is -0.356 e. The Morgan fingerprint density at radius 2 is 1.77 bits per heavy atom. The fourth-order valence-electron chi connectivity index (χ4n) is 2.53. The molecular formula is C18H39N3O. The van der Waals surface area contributed by atoms with Crippen LogP contribution in [0.2, 0.25) is 0 Å². The van der Waals surface area contributed by atoms with Crippen molar-refractivity contribution in [1.29, 1.82) is 0 Å². The Morgan fingerprint density at radius 1 is 1.14 bits per heavy atom. The van der Waals surface area contributed by atoms with Gasteiger partial charge < -0.3 is 15.5 Å². The molecule has 0 radical (unpaired) electrons. The minimum absolute atomic E-state index is 0.156. The summed E-state index contributed by atoms with van der Waals surface area (Å²) in [4.78, 5) is 13.9. The summed E-state index contributed by atoms with van der Waals surface area (Å²) < 4.78 is 0. The number of nitrogens with one attached hydrogen (secondary N) is 2. The number of hydrogen-bond acceptors (Lipinski definition) is 3. The van der Waals surface area contributed by atoms with Gasteiger partial charge in [0.05, 0.1) is 0 Å². The highest BCUT2D eigenvalue weighted by Crippen LogP contribution is 2.28. The van der Waals surface area contributed by atoms with E-state index in [4.69, 9.17) is 0 Å². The summed E-state index contributed by atoms with van der Waals surface area (Å²) in [6, 6.07) is 0. The lowest BCUT2D eigenvalue weighted by Crippen LogP contribution is -2.33. The molecule has 0 spiro atoms. The first-order chi connectivity index (χ1) is 10.1. The van der Waals surface area contributed by atoms with Crippen molar-refractivity contribution in [2.45, 2.75) is 53.9 Å². The zero-order valence-electron chi connectivity index (χ0n) is 16.0. The van der Waals surface area contributed by atoms with Crippen molar-refractivity contribution < 1.29 is 4.79 Å². The molecule has 4 heteroatoms. The average Bonchev–Trinajstić information content (AvgIpc) is 2.36. The predicted octanol–water partition coefficient (Wildman–Crippen LogP) is 2.74. The number of nitrogens with zero attached hydrogens (tertiary/aromatic N) is 1. The van der Waals surface area contributed by atoms with Crippen molar-refractivity contribution in [3.63, 3.8) is 0 Å². The topological polar surface area (TPSA) is 44.4 Å². The third-order valence-electron chi connectivity index (χ3n) is 3.86. The van der Waals surface area contributed by atoms with Gasteiger partial charge in [-0.05, 0) is 57.3 Å². The van der Waals surface area contributed by atoms with Crippen molar-refractivity contribution >= 4 is 5.91 Å². The Balaban J connectivity index is 3.78. The zero-order chi connectivity index (χ0) is 17.2. The molecule has 0 bridgehead atoms. The van der Waals surface area contributed by atoms with E-state index in [2.05, 4.69) is 64.2 Å². The van der Waals surface area contributed by atoms with Crippen molar-refractivity contribution in [3.05, 3.63) is 0 Å². The molecule has 0 aliphatic carbocycles. The molecule has 0 aromatic carbocycles. The number of rotatable bonds is 11. The van der Waals surface area contributed by atoms with Crippen molar-refractivity contribution in [1.82, 2.24) is 15.5 Å². The van der Waals surface area contributed by atoms with E-state index in [-0.39, 0.29) is 5.91 Å². The Kier molecular flexibility index (Phi) is 10.7. The quantitative estimate of drug-likeness (QED) is 0.577. The van der Waals surface area contributed by atoms with Gasteiger partial charge in [-0.3, -0.25) is 4.79 Å². The van der Waals surface area contributed by atoms with Crippen LogP contribution in [0.3, 0.4) is 0 Å². The summed E-state index contributed by atoms with van der Waals surface area (Å²) in [5, 5.41) is 6.44. The van der Waals surface area contributed by atoms with Crippen LogP contribution in [-0.4, -0.2) is 51.1 Å². The van der Waals surface area contributed by atoms with E-state index in [0.29, 0.717) is 23.7 Å². The average molecular weight is 314 g/mol. The molecule has 132 valence electrons. The van der Waals surface area contributed by atoms with E-state index in [9.17, 15) is 4.79 Å². The third kappa shape index (κ3) is 13.1. The molecule has 0 rings (SSSR count). The molecule has 1 amide bonds. The molecule has 0 saturated carbocycles. The molecule has 2 N–H and O–H groups in total.